The minimum atomic E-state index is -0.373. The number of nitrogens with zero attached hydrogens (tertiary/aromatic N) is 4. The van der Waals surface area contributed by atoms with Gasteiger partial charge < -0.3 is 5.32 Å². The standard InChI is InChI=1S/C16H16FN5O/c1-2-21-9-12(7-18-21)10-22-11-15(8-19-22)20-16(23)13-3-5-14(17)6-4-13/h3-9,11H,2,10H2,1H3,(H,20,23). The minimum absolute atomic E-state index is 0.302. The van der Waals surface area contributed by atoms with Gasteiger partial charge in [0.2, 0.25) is 0 Å². The van der Waals surface area contributed by atoms with E-state index in [1.165, 1.54) is 24.3 Å². The highest BCUT2D eigenvalue weighted by atomic mass is 19.1. The predicted octanol–water partition coefficient (Wildman–Crippen LogP) is 2.54. The zero-order chi connectivity index (χ0) is 16.2. The summed E-state index contributed by atoms with van der Waals surface area (Å²) in [5.74, 6) is -0.676. The van der Waals surface area contributed by atoms with Crippen molar-refractivity contribution in [2.24, 2.45) is 0 Å². The van der Waals surface area contributed by atoms with E-state index in [-0.39, 0.29) is 11.7 Å². The van der Waals surface area contributed by atoms with Crippen molar-refractivity contribution >= 4 is 11.6 Å². The van der Waals surface area contributed by atoms with Crippen LogP contribution in [0.25, 0.3) is 0 Å². The van der Waals surface area contributed by atoms with Crippen molar-refractivity contribution in [3.8, 4) is 0 Å². The van der Waals surface area contributed by atoms with Crippen molar-refractivity contribution in [1.29, 1.82) is 0 Å². The van der Waals surface area contributed by atoms with Crippen LogP contribution in [0.15, 0.2) is 49.1 Å². The summed E-state index contributed by atoms with van der Waals surface area (Å²) in [6, 6.07) is 5.38. The third kappa shape index (κ3) is 3.63. The number of nitrogens with one attached hydrogen (secondary N) is 1. The summed E-state index contributed by atoms with van der Waals surface area (Å²) in [7, 11) is 0. The maximum absolute atomic E-state index is 12.9. The molecule has 0 radical (unpaired) electrons. The highest BCUT2D eigenvalue weighted by molar-refractivity contribution is 6.04. The average molecular weight is 313 g/mol. The normalized spacial score (nSPS) is 10.7. The molecule has 0 spiro atoms. The summed E-state index contributed by atoms with van der Waals surface area (Å²) in [5.41, 5.74) is 2.01. The molecule has 0 aliphatic carbocycles. The minimum Gasteiger partial charge on any atom is -0.319 e. The van der Waals surface area contributed by atoms with Crippen LogP contribution in [0.1, 0.15) is 22.8 Å². The third-order valence-corrected chi connectivity index (χ3v) is 3.35. The first-order chi connectivity index (χ1) is 11.1. The topological polar surface area (TPSA) is 64.7 Å². The molecule has 0 aliphatic heterocycles. The SMILES string of the molecule is CCn1cc(Cn2cc(NC(=O)c3ccc(F)cc3)cn2)cn1. The summed E-state index contributed by atoms with van der Waals surface area (Å²) in [4.78, 5) is 12.1. The molecule has 23 heavy (non-hydrogen) atoms. The molecule has 3 rings (SSSR count). The lowest BCUT2D eigenvalue weighted by molar-refractivity contribution is 0.102. The van der Waals surface area contributed by atoms with E-state index in [2.05, 4.69) is 15.5 Å². The van der Waals surface area contributed by atoms with Crippen LogP contribution in [0, 0.1) is 5.82 Å². The number of hydrogen-bond acceptors (Lipinski definition) is 3. The van der Waals surface area contributed by atoms with E-state index >= 15 is 0 Å². The Balaban J connectivity index is 1.64. The summed E-state index contributed by atoms with van der Waals surface area (Å²) in [6.07, 6.45) is 7.07. The molecule has 2 aromatic heterocycles. The van der Waals surface area contributed by atoms with Gasteiger partial charge in [-0.15, -0.1) is 0 Å². The monoisotopic (exact) mass is 313 g/mol. The highest BCUT2D eigenvalue weighted by Crippen LogP contribution is 2.10. The number of aryl methyl sites for hydroxylation is 1. The molecule has 0 saturated heterocycles. The maximum atomic E-state index is 12.9. The first-order valence-corrected chi connectivity index (χ1v) is 7.25. The van der Waals surface area contributed by atoms with E-state index in [1.54, 1.807) is 23.3 Å². The summed E-state index contributed by atoms with van der Waals surface area (Å²) >= 11 is 0. The quantitative estimate of drug-likeness (QED) is 0.787. The van der Waals surface area contributed by atoms with Crippen molar-refractivity contribution in [2.45, 2.75) is 20.0 Å². The van der Waals surface area contributed by atoms with Crippen LogP contribution in [0.2, 0.25) is 0 Å². The third-order valence-electron chi connectivity index (χ3n) is 3.35. The predicted molar refractivity (Wildman–Crippen MR) is 83.6 cm³/mol. The van der Waals surface area contributed by atoms with Gasteiger partial charge in [0.1, 0.15) is 5.82 Å². The van der Waals surface area contributed by atoms with Crippen LogP contribution in [-0.4, -0.2) is 25.5 Å². The van der Waals surface area contributed by atoms with Gasteiger partial charge in [-0.2, -0.15) is 10.2 Å². The van der Waals surface area contributed by atoms with Gasteiger partial charge in [-0.1, -0.05) is 0 Å². The van der Waals surface area contributed by atoms with Gasteiger partial charge in [-0.05, 0) is 31.2 Å². The second-order valence-electron chi connectivity index (χ2n) is 5.09. The fourth-order valence-electron chi connectivity index (χ4n) is 2.17. The van der Waals surface area contributed by atoms with Gasteiger partial charge >= 0.3 is 0 Å². The summed E-state index contributed by atoms with van der Waals surface area (Å²) in [6.45, 7) is 3.41. The first kappa shape index (κ1) is 15.0. The Morgan fingerprint density at radius 1 is 1.13 bits per heavy atom. The molecule has 2 heterocycles. The number of carbonyl (C=O) groups excluding carboxylic acids is 1. The van der Waals surface area contributed by atoms with E-state index in [1.807, 2.05) is 17.8 Å². The molecule has 0 unspecified atom stereocenters. The van der Waals surface area contributed by atoms with Gasteiger partial charge in [0.15, 0.2) is 0 Å². The second kappa shape index (κ2) is 6.43. The van der Waals surface area contributed by atoms with Gasteiger partial charge in [-0.25, -0.2) is 4.39 Å². The van der Waals surface area contributed by atoms with Crippen molar-refractivity contribution in [2.75, 3.05) is 5.32 Å². The molecule has 0 aliphatic rings. The van der Waals surface area contributed by atoms with E-state index in [0.717, 1.165) is 12.1 Å². The lowest BCUT2D eigenvalue weighted by Gasteiger charge is -2.02. The zero-order valence-corrected chi connectivity index (χ0v) is 12.6. The smallest absolute Gasteiger partial charge is 0.255 e. The van der Waals surface area contributed by atoms with E-state index in [0.29, 0.717) is 17.8 Å². The van der Waals surface area contributed by atoms with E-state index < -0.39 is 0 Å². The summed E-state index contributed by atoms with van der Waals surface area (Å²) < 4.78 is 16.4. The van der Waals surface area contributed by atoms with Crippen LogP contribution >= 0.6 is 0 Å². The number of anilines is 1. The second-order valence-corrected chi connectivity index (χ2v) is 5.09. The Kier molecular flexibility index (Phi) is 4.18. The molecule has 3 aromatic rings. The lowest BCUT2D eigenvalue weighted by atomic mass is 10.2. The molecule has 1 amide bonds. The molecule has 7 heteroatoms. The van der Waals surface area contributed by atoms with Gasteiger partial charge in [0.05, 0.1) is 24.6 Å². The van der Waals surface area contributed by atoms with Gasteiger partial charge in [0.25, 0.3) is 5.91 Å². The Morgan fingerprint density at radius 2 is 1.87 bits per heavy atom. The highest BCUT2D eigenvalue weighted by Gasteiger charge is 2.08. The number of aromatic nitrogens is 4. The van der Waals surface area contributed by atoms with Gasteiger partial charge in [0, 0.05) is 30.1 Å². The maximum Gasteiger partial charge on any atom is 0.255 e. The van der Waals surface area contributed by atoms with Crippen LogP contribution in [0.3, 0.4) is 0 Å². The Hall–Kier alpha value is -2.96. The number of amides is 1. The van der Waals surface area contributed by atoms with Crippen LogP contribution in [-0.2, 0) is 13.1 Å². The van der Waals surface area contributed by atoms with Crippen LogP contribution in [0.4, 0.5) is 10.1 Å². The van der Waals surface area contributed by atoms with Crippen molar-refractivity contribution in [3.63, 3.8) is 0 Å². The van der Waals surface area contributed by atoms with Crippen LogP contribution in [0.5, 0.6) is 0 Å². The number of rotatable bonds is 5. The molecule has 6 nitrogen and oxygen atoms in total. The molecule has 118 valence electrons. The lowest BCUT2D eigenvalue weighted by Crippen LogP contribution is -2.11. The number of benzene rings is 1. The van der Waals surface area contributed by atoms with Crippen molar-refractivity contribution < 1.29 is 9.18 Å². The van der Waals surface area contributed by atoms with Crippen molar-refractivity contribution in [3.05, 3.63) is 66.0 Å². The largest absolute Gasteiger partial charge is 0.319 e. The molecule has 0 fully saturated rings. The van der Waals surface area contributed by atoms with E-state index in [4.69, 9.17) is 0 Å². The van der Waals surface area contributed by atoms with Gasteiger partial charge in [-0.3, -0.25) is 14.2 Å². The van der Waals surface area contributed by atoms with E-state index in [9.17, 15) is 9.18 Å². The number of hydrogen-bond donors (Lipinski definition) is 1. The number of carbonyl (C=O) groups is 1. The molecule has 0 bridgehead atoms. The molecular formula is C16H16FN5O. The first-order valence-electron chi connectivity index (χ1n) is 7.25. The summed E-state index contributed by atoms with van der Waals surface area (Å²) in [5, 5.41) is 11.2. The Labute approximate surface area is 132 Å². The molecule has 0 saturated carbocycles. The Bertz CT molecular complexity index is 806. The number of halogens is 1. The molecular weight excluding hydrogens is 297 g/mol. The molecule has 1 aromatic carbocycles. The average Bonchev–Trinajstić information content (AvgIpc) is 3.17. The fraction of sp³-hybridized carbons (Fsp3) is 0.188. The Morgan fingerprint density at radius 3 is 2.57 bits per heavy atom. The van der Waals surface area contributed by atoms with Crippen molar-refractivity contribution in [1.82, 2.24) is 19.6 Å². The fourth-order valence-corrected chi connectivity index (χ4v) is 2.17. The molecule has 0 atom stereocenters. The van der Waals surface area contributed by atoms with Crippen LogP contribution < -0.4 is 5.32 Å². The zero-order valence-electron chi connectivity index (χ0n) is 12.6. The molecule has 1 N–H and O–H groups in total.